The Morgan fingerprint density at radius 3 is 2.65 bits per heavy atom. The topological polar surface area (TPSA) is 43.6 Å². The first-order valence-electron chi connectivity index (χ1n) is 5.26. The number of alkyl halides is 1. The van der Waals surface area contributed by atoms with Crippen molar-refractivity contribution in [2.24, 2.45) is 0 Å². The maximum Gasteiger partial charge on any atom is 0.177 e. The van der Waals surface area contributed by atoms with Gasteiger partial charge in [0.05, 0.1) is 11.6 Å². The minimum absolute atomic E-state index is 0.263. The van der Waals surface area contributed by atoms with Crippen molar-refractivity contribution in [2.75, 3.05) is 0 Å². The van der Waals surface area contributed by atoms with Crippen LogP contribution >= 0.6 is 23.2 Å². The van der Waals surface area contributed by atoms with Crippen LogP contribution in [0.1, 0.15) is 31.0 Å². The molecule has 4 nitrogen and oxygen atoms in total. The molecule has 0 unspecified atom stereocenters. The lowest BCUT2D eigenvalue weighted by Crippen LogP contribution is -2.01. The second-order valence-electron chi connectivity index (χ2n) is 3.94. The van der Waals surface area contributed by atoms with Gasteiger partial charge in [-0.3, -0.25) is 0 Å². The summed E-state index contributed by atoms with van der Waals surface area (Å²) in [6.45, 7) is 4.10. The summed E-state index contributed by atoms with van der Waals surface area (Å²) in [5, 5.41) is 12.7. The summed E-state index contributed by atoms with van der Waals surface area (Å²) in [5.74, 6) is 1.20. The molecular formula is C11H12Cl2N4. The van der Waals surface area contributed by atoms with Crippen LogP contribution in [0.25, 0.3) is 5.82 Å². The van der Waals surface area contributed by atoms with Crippen molar-refractivity contribution in [3.63, 3.8) is 0 Å². The average Bonchev–Trinajstić information content (AvgIpc) is 2.67. The Labute approximate surface area is 110 Å². The van der Waals surface area contributed by atoms with Gasteiger partial charge in [0, 0.05) is 11.8 Å². The zero-order chi connectivity index (χ0) is 12.4. The van der Waals surface area contributed by atoms with E-state index in [9.17, 15) is 0 Å². The summed E-state index contributed by atoms with van der Waals surface area (Å²) >= 11 is 12.2. The van der Waals surface area contributed by atoms with Crippen LogP contribution in [0, 0.1) is 0 Å². The second-order valence-corrected chi connectivity index (χ2v) is 4.56. The fourth-order valence-electron chi connectivity index (χ4n) is 1.59. The molecule has 17 heavy (non-hydrogen) atoms. The van der Waals surface area contributed by atoms with Crippen LogP contribution in [-0.4, -0.2) is 20.0 Å². The number of nitrogens with zero attached hydrogens (tertiary/aromatic N) is 4. The molecular weight excluding hydrogens is 259 g/mol. The van der Waals surface area contributed by atoms with Crippen molar-refractivity contribution in [3.05, 3.63) is 34.7 Å². The molecule has 0 aliphatic carbocycles. The molecule has 6 heteroatoms. The minimum atomic E-state index is 0.263. The van der Waals surface area contributed by atoms with E-state index < -0.39 is 0 Å². The van der Waals surface area contributed by atoms with Crippen molar-refractivity contribution in [1.82, 2.24) is 20.0 Å². The van der Waals surface area contributed by atoms with E-state index in [0.29, 0.717) is 16.9 Å². The lowest BCUT2D eigenvalue weighted by atomic mass is 10.1. The van der Waals surface area contributed by atoms with Crippen LogP contribution in [0.2, 0.25) is 5.15 Å². The van der Waals surface area contributed by atoms with E-state index in [1.807, 2.05) is 0 Å². The molecule has 0 aliphatic heterocycles. The Bertz CT molecular complexity index is 508. The summed E-state index contributed by atoms with van der Waals surface area (Å²) in [6.07, 6.45) is 1.60. The highest BCUT2D eigenvalue weighted by Gasteiger charge is 2.19. The van der Waals surface area contributed by atoms with Crippen LogP contribution in [0.5, 0.6) is 0 Å². The molecule has 2 aromatic heterocycles. The molecule has 0 amide bonds. The van der Waals surface area contributed by atoms with Gasteiger partial charge in [0.1, 0.15) is 5.15 Å². The molecule has 0 N–H and O–H groups in total. The normalized spacial score (nSPS) is 11.1. The summed E-state index contributed by atoms with van der Waals surface area (Å²) in [5.41, 5.74) is 1.75. The number of hydrogen-bond acceptors (Lipinski definition) is 3. The molecule has 0 fully saturated rings. The second kappa shape index (κ2) is 5.02. The van der Waals surface area contributed by atoms with Crippen LogP contribution < -0.4 is 0 Å². The fourth-order valence-corrected chi connectivity index (χ4v) is 2.21. The predicted molar refractivity (Wildman–Crippen MR) is 67.8 cm³/mol. The fraction of sp³-hybridized carbons (Fsp3) is 0.364. The van der Waals surface area contributed by atoms with Gasteiger partial charge in [0.15, 0.2) is 5.82 Å². The SMILES string of the molecule is CC(C)c1nn(-c2cccnn2)c(Cl)c1CCl. The van der Waals surface area contributed by atoms with Gasteiger partial charge in [-0.1, -0.05) is 25.4 Å². The number of hydrogen-bond donors (Lipinski definition) is 0. The number of aromatic nitrogens is 4. The van der Waals surface area contributed by atoms with Gasteiger partial charge in [0.25, 0.3) is 0 Å². The zero-order valence-electron chi connectivity index (χ0n) is 9.56. The smallest absolute Gasteiger partial charge is 0.177 e. The number of halogens is 2. The van der Waals surface area contributed by atoms with E-state index in [4.69, 9.17) is 23.2 Å². The maximum atomic E-state index is 6.26. The van der Waals surface area contributed by atoms with Crippen LogP contribution in [0.3, 0.4) is 0 Å². The molecule has 0 bridgehead atoms. The van der Waals surface area contributed by atoms with Crippen molar-refractivity contribution < 1.29 is 0 Å². The van der Waals surface area contributed by atoms with Gasteiger partial charge in [-0.05, 0) is 18.1 Å². The quantitative estimate of drug-likeness (QED) is 0.805. The first kappa shape index (κ1) is 12.3. The third-order valence-electron chi connectivity index (χ3n) is 2.41. The van der Waals surface area contributed by atoms with Gasteiger partial charge in [-0.15, -0.1) is 16.7 Å². The lowest BCUT2D eigenvalue weighted by molar-refractivity contribution is 0.746. The molecule has 0 aliphatic rings. The molecule has 0 aromatic carbocycles. The molecule has 0 atom stereocenters. The molecule has 0 saturated carbocycles. The number of rotatable bonds is 3. The van der Waals surface area contributed by atoms with E-state index in [-0.39, 0.29) is 5.92 Å². The largest absolute Gasteiger partial charge is 0.201 e. The zero-order valence-corrected chi connectivity index (χ0v) is 11.1. The van der Waals surface area contributed by atoms with Gasteiger partial charge < -0.3 is 0 Å². The summed E-state index contributed by atoms with van der Waals surface area (Å²) in [6, 6.07) is 3.59. The third kappa shape index (κ3) is 2.28. The first-order valence-corrected chi connectivity index (χ1v) is 6.17. The Kier molecular flexibility index (Phi) is 3.64. The third-order valence-corrected chi connectivity index (χ3v) is 3.06. The highest BCUT2D eigenvalue weighted by molar-refractivity contribution is 6.31. The molecule has 90 valence electrons. The van der Waals surface area contributed by atoms with Gasteiger partial charge in [-0.25, -0.2) is 4.68 Å². The first-order chi connectivity index (χ1) is 8.15. The summed E-state index contributed by atoms with van der Waals surface area (Å²) in [4.78, 5) is 0. The van der Waals surface area contributed by atoms with Crippen LogP contribution in [-0.2, 0) is 5.88 Å². The summed E-state index contributed by atoms with van der Waals surface area (Å²) in [7, 11) is 0. The highest BCUT2D eigenvalue weighted by Crippen LogP contribution is 2.28. The Morgan fingerprint density at radius 1 is 1.41 bits per heavy atom. The molecule has 2 heterocycles. The van der Waals surface area contributed by atoms with Crippen molar-refractivity contribution >= 4 is 23.2 Å². The monoisotopic (exact) mass is 270 g/mol. The van der Waals surface area contributed by atoms with Crippen molar-refractivity contribution in [3.8, 4) is 5.82 Å². The molecule has 0 saturated heterocycles. The van der Waals surface area contributed by atoms with Crippen LogP contribution in [0.15, 0.2) is 18.3 Å². The van der Waals surface area contributed by atoms with E-state index in [1.54, 1.807) is 23.0 Å². The minimum Gasteiger partial charge on any atom is -0.201 e. The average molecular weight is 271 g/mol. The van der Waals surface area contributed by atoms with Gasteiger partial charge >= 0.3 is 0 Å². The maximum absolute atomic E-state index is 6.26. The van der Waals surface area contributed by atoms with E-state index in [0.717, 1.165) is 11.3 Å². The van der Waals surface area contributed by atoms with E-state index in [2.05, 4.69) is 29.1 Å². The van der Waals surface area contributed by atoms with Gasteiger partial charge in [-0.2, -0.15) is 10.2 Å². The van der Waals surface area contributed by atoms with Crippen molar-refractivity contribution in [2.45, 2.75) is 25.6 Å². The van der Waals surface area contributed by atoms with Crippen LogP contribution in [0.4, 0.5) is 0 Å². The Hall–Kier alpha value is -1.13. The Balaban J connectivity index is 2.57. The molecule has 0 radical (unpaired) electrons. The van der Waals surface area contributed by atoms with Gasteiger partial charge in [0.2, 0.25) is 0 Å². The summed E-state index contributed by atoms with van der Waals surface area (Å²) < 4.78 is 1.57. The predicted octanol–water partition coefficient (Wildman–Crippen LogP) is 3.18. The molecule has 2 rings (SSSR count). The van der Waals surface area contributed by atoms with E-state index in [1.165, 1.54) is 0 Å². The lowest BCUT2D eigenvalue weighted by Gasteiger charge is -2.01. The standard InChI is InChI=1S/C11H12Cl2N4/c1-7(2)10-8(6-12)11(13)17(16-10)9-4-3-5-14-15-9/h3-5,7H,6H2,1-2H3. The highest BCUT2D eigenvalue weighted by atomic mass is 35.5. The molecule has 0 spiro atoms. The Morgan fingerprint density at radius 2 is 2.18 bits per heavy atom. The van der Waals surface area contributed by atoms with Crippen molar-refractivity contribution in [1.29, 1.82) is 0 Å². The van der Waals surface area contributed by atoms with E-state index >= 15 is 0 Å². The molecule has 2 aromatic rings.